The van der Waals surface area contributed by atoms with Crippen LogP contribution in [0.25, 0.3) is 0 Å². The molecule has 0 N–H and O–H groups in total. The number of esters is 3. The molecule has 6 rings (SSSR count). The second-order valence-electron chi connectivity index (χ2n) is 13.4. The average molecular weight is 567 g/mol. The second-order valence-corrected chi connectivity index (χ2v) is 13.4. The van der Waals surface area contributed by atoms with Gasteiger partial charge in [-0.15, -0.1) is 0 Å². The molecule has 9 atom stereocenters. The van der Waals surface area contributed by atoms with E-state index < -0.39 is 69.9 Å². The maximum Gasteiger partial charge on any atom is 0.333 e. The Morgan fingerprint density at radius 3 is 2.54 bits per heavy atom. The van der Waals surface area contributed by atoms with Crippen LogP contribution in [0, 0.1) is 34.0 Å². The molecule has 1 spiro atoms. The quantitative estimate of drug-likeness (QED) is 0.217. The molecule has 3 saturated carbocycles. The van der Waals surface area contributed by atoms with Crippen LogP contribution in [-0.2, 0) is 38.1 Å². The first-order valence-electron chi connectivity index (χ1n) is 14.4. The number of fused-ring (bicyclic) bond motifs is 5. The second kappa shape index (κ2) is 8.90. The first kappa shape index (κ1) is 27.9. The van der Waals surface area contributed by atoms with Gasteiger partial charge in [-0.05, 0) is 44.2 Å². The van der Waals surface area contributed by atoms with Gasteiger partial charge in [-0.25, -0.2) is 9.59 Å². The summed E-state index contributed by atoms with van der Waals surface area (Å²) in [4.78, 5) is 53.7. The van der Waals surface area contributed by atoms with Crippen molar-refractivity contribution >= 4 is 23.7 Å². The molecule has 4 fully saturated rings. The van der Waals surface area contributed by atoms with E-state index in [1.807, 2.05) is 20.8 Å². The maximum atomic E-state index is 14.6. The van der Waals surface area contributed by atoms with Gasteiger partial charge in [0.15, 0.2) is 0 Å². The molecule has 2 bridgehead atoms. The van der Waals surface area contributed by atoms with Gasteiger partial charge in [-0.2, -0.15) is 0 Å². The number of epoxide rings is 1. The number of Topliss-reactive ketones (excluding diaryl/α,β-unsaturated/α-hetero) is 1. The number of cyclic esters (lactones) is 1. The lowest BCUT2D eigenvalue weighted by atomic mass is 9.38. The van der Waals surface area contributed by atoms with Crippen molar-refractivity contribution in [1.82, 2.24) is 0 Å². The first-order chi connectivity index (χ1) is 19.3. The highest BCUT2D eigenvalue weighted by atomic mass is 16.6. The molecule has 1 saturated heterocycles. The topological polar surface area (TPSA) is 122 Å². The average Bonchev–Trinajstić information content (AvgIpc) is 3.39. The van der Waals surface area contributed by atoms with Gasteiger partial charge in [0.2, 0.25) is 0 Å². The number of carbonyl (C=O) groups excluding carboxylic acids is 4. The predicted octanol–water partition coefficient (Wildman–Crippen LogP) is 4.66. The normalized spacial score (nSPS) is 42.1. The van der Waals surface area contributed by atoms with Crippen molar-refractivity contribution in [2.75, 3.05) is 7.11 Å². The minimum absolute atomic E-state index is 0.0115. The van der Waals surface area contributed by atoms with E-state index in [-0.39, 0.29) is 18.1 Å². The molecule has 9 heteroatoms. The van der Waals surface area contributed by atoms with Crippen LogP contribution in [0.5, 0.6) is 0 Å². The molecular formula is C32H38O9. The molecule has 2 aliphatic heterocycles. The largest absolute Gasteiger partial charge is 0.472 e. The molecule has 9 nitrogen and oxygen atoms in total. The van der Waals surface area contributed by atoms with Gasteiger partial charge in [0.25, 0.3) is 0 Å². The molecule has 1 aromatic rings. The van der Waals surface area contributed by atoms with Gasteiger partial charge >= 0.3 is 17.9 Å². The zero-order valence-corrected chi connectivity index (χ0v) is 24.6. The summed E-state index contributed by atoms with van der Waals surface area (Å²) in [6, 6.07) is 1.80. The highest BCUT2D eigenvalue weighted by molar-refractivity contribution is 5.95. The fraction of sp³-hybridized carbons (Fsp3) is 0.625. The summed E-state index contributed by atoms with van der Waals surface area (Å²) in [5.74, 6) is -3.03. The summed E-state index contributed by atoms with van der Waals surface area (Å²) >= 11 is 0. The van der Waals surface area contributed by atoms with Crippen LogP contribution in [0.1, 0.15) is 72.5 Å². The lowest BCUT2D eigenvalue weighted by molar-refractivity contribution is -0.202. The van der Waals surface area contributed by atoms with Crippen LogP contribution < -0.4 is 0 Å². The molecule has 3 heterocycles. The van der Waals surface area contributed by atoms with Crippen LogP contribution >= 0.6 is 0 Å². The standard InChI is InChI=1S/C32H38O9/c1-8-16(2)28(36)40-26-23-24(35)31(6,19(29(26,3)4)13-21(33)37-7)18-9-11-30(5)20(32(18)27(23)41-32)14-22(34)39-25(30)17-10-12-38-15-17/h8,10,12,14-15,18-19,23,25-27H,9,11,13H2,1-7H3/b16-8-/t18-,19-,23-,25-,26+,27+,30+,31-,32+/m0/s1. The number of ketones is 1. The molecular weight excluding hydrogens is 528 g/mol. The fourth-order valence-electron chi connectivity index (χ4n) is 9.08. The van der Waals surface area contributed by atoms with E-state index in [0.29, 0.717) is 18.4 Å². The van der Waals surface area contributed by atoms with Crippen molar-refractivity contribution in [2.45, 2.75) is 84.7 Å². The van der Waals surface area contributed by atoms with Gasteiger partial charge in [0, 0.05) is 45.8 Å². The highest BCUT2D eigenvalue weighted by Crippen LogP contribution is 2.76. The molecule has 5 aliphatic rings. The van der Waals surface area contributed by atoms with Crippen molar-refractivity contribution in [3.05, 3.63) is 47.5 Å². The van der Waals surface area contributed by atoms with Crippen molar-refractivity contribution in [2.24, 2.45) is 34.0 Å². The number of ether oxygens (including phenoxy) is 4. The van der Waals surface area contributed by atoms with Crippen molar-refractivity contribution in [3.63, 3.8) is 0 Å². The Kier molecular flexibility index (Phi) is 6.07. The highest BCUT2D eigenvalue weighted by Gasteiger charge is 2.84. The Morgan fingerprint density at radius 2 is 1.90 bits per heavy atom. The number of hydrogen-bond donors (Lipinski definition) is 0. The van der Waals surface area contributed by atoms with E-state index in [0.717, 1.165) is 11.1 Å². The Balaban J connectivity index is 1.51. The first-order valence-corrected chi connectivity index (χ1v) is 14.4. The third kappa shape index (κ3) is 3.50. The third-order valence-corrected chi connectivity index (χ3v) is 11.3. The lowest BCUT2D eigenvalue weighted by Gasteiger charge is -2.63. The summed E-state index contributed by atoms with van der Waals surface area (Å²) in [6.07, 6.45) is 5.62. The molecule has 0 radical (unpaired) electrons. The number of carbonyl (C=O) groups is 4. The third-order valence-electron chi connectivity index (χ3n) is 11.3. The Hall–Kier alpha value is -3.20. The SMILES string of the molecule is C/C=C(/C)C(=O)O[C@@H]1[C@@H]2C(=O)[C@](C)([C@@H](CC(=O)OC)C1(C)C)[C@@H]1CC[C@]3(C)C(=CC(=O)O[C@H]3c3ccoc3)[C@]13O[C@H]23. The molecule has 0 unspecified atom stereocenters. The monoisotopic (exact) mass is 566 g/mol. The van der Waals surface area contributed by atoms with Crippen molar-refractivity contribution < 1.29 is 42.5 Å². The summed E-state index contributed by atoms with van der Waals surface area (Å²) in [6.45, 7) is 11.4. The van der Waals surface area contributed by atoms with E-state index in [1.54, 1.807) is 44.6 Å². The molecule has 1 aromatic heterocycles. The predicted molar refractivity (Wildman–Crippen MR) is 144 cm³/mol. The van der Waals surface area contributed by atoms with E-state index in [4.69, 9.17) is 23.4 Å². The molecule has 3 aliphatic carbocycles. The molecule has 0 amide bonds. The minimum atomic E-state index is -0.997. The van der Waals surface area contributed by atoms with Crippen molar-refractivity contribution in [3.8, 4) is 0 Å². The van der Waals surface area contributed by atoms with Crippen molar-refractivity contribution in [1.29, 1.82) is 0 Å². The summed E-state index contributed by atoms with van der Waals surface area (Å²) in [5, 5.41) is 0. The van der Waals surface area contributed by atoms with E-state index in [2.05, 4.69) is 6.92 Å². The number of allylic oxidation sites excluding steroid dienone is 1. The van der Waals surface area contributed by atoms with Crippen LogP contribution in [0.15, 0.2) is 46.3 Å². The summed E-state index contributed by atoms with van der Waals surface area (Å²) < 4.78 is 29.2. The number of rotatable bonds is 5. The van der Waals surface area contributed by atoms with E-state index >= 15 is 0 Å². The maximum absolute atomic E-state index is 14.6. The Morgan fingerprint density at radius 1 is 1.17 bits per heavy atom. The van der Waals surface area contributed by atoms with Gasteiger partial charge in [-0.1, -0.05) is 33.8 Å². The van der Waals surface area contributed by atoms with Crippen LogP contribution in [0.3, 0.4) is 0 Å². The number of methoxy groups -OCH3 is 1. The number of hydrogen-bond acceptors (Lipinski definition) is 9. The van der Waals surface area contributed by atoms with Gasteiger partial charge < -0.3 is 23.4 Å². The fourth-order valence-corrected chi connectivity index (χ4v) is 9.08. The molecule has 41 heavy (non-hydrogen) atoms. The van der Waals surface area contributed by atoms with E-state index in [1.165, 1.54) is 7.11 Å². The van der Waals surface area contributed by atoms with Crippen LogP contribution in [0.2, 0.25) is 0 Å². The summed E-state index contributed by atoms with van der Waals surface area (Å²) in [5.41, 5.74) is -1.29. The Bertz CT molecular complexity index is 1390. The van der Waals surface area contributed by atoms with E-state index in [9.17, 15) is 19.2 Å². The number of furan rings is 1. The van der Waals surface area contributed by atoms with Gasteiger partial charge in [-0.3, -0.25) is 9.59 Å². The zero-order valence-electron chi connectivity index (χ0n) is 24.6. The molecule has 220 valence electrons. The summed E-state index contributed by atoms with van der Waals surface area (Å²) in [7, 11) is 1.33. The zero-order chi connectivity index (χ0) is 29.7. The van der Waals surface area contributed by atoms with Crippen LogP contribution in [-0.4, -0.2) is 48.6 Å². The Labute approximate surface area is 239 Å². The smallest absolute Gasteiger partial charge is 0.333 e. The van der Waals surface area contributed by atoms with Crippen LogP contribution in [0.4, 0.5) is 0 Å². The van der Waals surface area contributed by atoms with Gasteiger partial charge in [0.05, 0.1) is 25.6 Å². The van der Waals surface area contributed by atoms with Gasteiger partial charge in [0.1, 0.15) is 29.7 Å². The molecule has 0 aromatic carbocycles. The minimum Gasteiger partial charge on any atom is -0.472 e. The lowest BCUT2D eigenvalue weighted by Crippen LogP contribution is -2.71.